The first kappa shape index (κ1) is 22.6. The third kappa shape index (κ3) is 4.22. The van der Waals surface area contributed by atoms with Gasteiger partial charge in [-0.2, -0.15) is 4.31 Å². The molecule has 176 valence electrons. The van der Waals surface area contributed by atoms with Gasteiger partial charge in [-0.3, -0.25) is 4.79 Å². The molecule has 0 atom stereocenters. The Morgan fingerprint density at radius 2 is 1.85 bits per heavy atom. The first-order valence-corrected chi connectivity index (χ1v) is 12.5. The molecule has 0 unspecified atom stereocenters. The summed E-state index contributed by atoms with van der Waals surface area (Å²) in [6.45, 7) is 0.836. The van der Waals surface area contributed by atoms with Crippen molar-refractivity contribution < 1.29 is 12.8 Å². The third-order valence-corrected chi connectivity index (χ3v) is 8.14. The molecule has 1 fully saturated rings. The Morgan fingerprint density at radius 1 is 1.12 bits per heavy atom. The highest BCUT2D eigenvalue weighted by atomic mass is 35.5. The Balaban J connectivity index is 1.37. The van der Waals surface area contributed by atoms with E-state index in [-0.39, 0.29) is 40.0 Å². The molecule has 1 aliphatic heterocycles. The van der Waals surface area contributed by atoms with Crippen LogP contribution in [0.25, 0.3) is 11.2 Å². The second-order valence-electron chi connectivity index (χ2n) is 8.11. The maximum absolute atomic E-state index is 13.8. The van der Waals surface area contributed by atoms with Crippen LogP contribution in [-0.2, 0) is 16.6 Å². The van der Waals surface area contributed by atoms with E-state index in [1.807, 2.05) is 30.3 Å². The molecular weight excluding hydrogens is 483 g/mol. The van der Waals surface area contributed by atoms with Gasteiger partial charge in [-0.25, -0.2) is 22.5 Å². The van der Waals surface area contributed by atoms with Crippen molar-refractivity contribution in [3.05, 3.63) is 81.1 Å². The molecule has 0 saturated carbocycles. The first-order chi connectivity index (χ1) is 16.3. The van der Waals surface area contributed by atoms with Gasteiger partial charge in [-0.15, -0.1) is 5.10 Å². The van der Waals surface area contributed by atoms with Crippen LogP contribution in [0.2, 0.25) is 5.02 Å². The maximum Gasteiger partial charge on any atom is 0.281 e. The highest BCUT2D eigenvalue weighted by Gasteiger charge is 2.31. The zero-order valence-corrected chi connectivity index (χ0v) is 19.4. The summed E-state index contributed by atoms with van der Waals surface area (Å²) in [5.74, 6) is -0.456. The summed E-state index contributed by atoms with van der Waals surface area (Å²) in [7, 11) is -3.86. The molecule has 0 aliphatic carbocycles. The van der Waals surface area contributed by atoms with Crippen LogP contribution in [-0.4, -0.2) is 50.8 Å². The summed E-state index contributed by atoms with van der Waals surface area (Å²) in [4.78, 5) is 19.9. The third-order valence-electron chi connectivity index (χ3n) is 5.94. The van der Waals surface area contributed by atoms with E-state index in [9.17, 15) is 17.6 Å². The van der Waals surface area contributed by atoms with Crippen molar-refractivity contribution >= 4 is 32.8 Å². The summed E-state index contributed by atoms with van der Waals surface area (Å²) < 4.78 is 42.5. The van der Waals surface area contributed by atoms with Gasteiger partial charge in [0, 0.05) is 19.0 Å². The van der Waals surface area contributed by atoms with Crippen molar-refractivity contribution in [2.75, 3.05) is 13.1 Å². The average Bonchev–Trinajstić information content (AvgIpc) is 3.24. The Kier molecular flexibility index (Phi) is 5.92. The summed E-state index contributed by atoms with van der Waals surface area (Å²) >= 11 is 5.68. The van der Waals surface area contributed by atoms with Crippen molar-refractivity contribution in [1.29, 1.82) is 0 Å². The molecule has 0 amide bonds. The monoisotopic (exact) mass is 502 g/mol. The number of sulfonamides is 1. The fourth-order valence-electron chi connectivity index (χ4n) is 4.10. The van der Waals surface area contributed by atoms with Crippen LogP contribution < -0.4 is 5.56 Å². The largest absolute Gasteiger partial charge is 0.308 e. The standard InChI is InChI=1S/C22H20ClFN6O3S/c23-17-7-6-16(12-18(17)24)34(32,33)29-10-8-15(9-11-29)20-25-21-19(22(31)26-20)27-28-30(21)13-14-4-2-1-3-5-14/h1-7,12,15H,8-11,13H2,(H,25,26,31). The van der Waals surface area contributed by atoms with Gasteiger partial charge in [-0.05, 0) is 36.6 Å². The molecule has 3 heterocycles. The van der Waals surface area contributed by atoms with Gasteiger partial charge in [0.25, 0.3) is 5.56 Å². The summed E-state index contributed by atoms with van der Waals surface area (Å²) in [5.41, 5.74) is 1.15. The van der Waals surface area contributed by atoms with Crippen LogP contribution in [0.4, 0.5) is 4.39 Å². The summed E-state index contributed by atoms with van der Waals surface area (Å²) in [6, 6.07) is 13.1. The number of hydrogen-bond donors (Lipinski definition) is 1. The minimum atomic E-state index is -3.86. The Bertz CT molecular complexity index is 1510. The molecule has 9 nitrogen and oxygen atoms in total. The topological polar surface area (TPSA) is 114 Å². The normalized spacial score (nSPS) is 15.7. The van der Waals surface area contributed by atoms with Gasteiger partial charge >= 0.3 is 0 Å². The molecule has 2 aromatic carbocycles. The first-order valence-electron chi connectivity index (χ1n) is 10.7. The number of halogens is 2. The lowest BCUT2D eigenvalue weighted by molar-refractivity contribution is 0.313. The van der Waals surface area contributed by atoms with E-state index in [1.165, 1.54) is 16.4 Å². The van der Waals surface area contributed by atoms with Gasteiger partial charge in [0.05, 0.1) is 16.5 Å². The molecule has 1 saturated heterocycles. The zero-order valence-electron chi connectivity index (χ0n) is 17.9. The van der Waals surface area contributed by atoms with Gasteiger partial charge in [0.2, 0.25) is 10.0 Å². The lowest BCUT2D eigenvalue weighted by atomic mass is 9.97. The molecule has 12 heteroatoms. The lowest BCUT2D eigenvalue weighted by Gasteiger charge is -2.30. The Hall–Kier alpha value is -3.15. The van der Waals surface area contributed by atoms with Crippen LogP contribution in [0.1, 0.15) is 30.1 Å². The molecule has 0 radical (unpaired) electrons. The van der Waals surface area contributed by atoms with Gasteiger partial charge < -0.3 is 4.98 Å². The number of benzene rings is 2. The van der Waals surface area contributed by atoms with Crippen molar-refractivity contribution in [1.82, 2.24) is 29.3 Å². The minimum absolute atomic E-state index is 0.135. The minimum Gasteiger partial charge on any atom is -0.308 e. The Morgan fingerprint density at radius 3 is 2.56 bits per heavy atom. The maximum atomic E-state index is 13.8. The zero-order chi connectivity index (χ0) is 23.9. The molecule has 0 spiro atoms. The molecule has 1 aliphatic rings. The number of piperidine rings is 1. The predicted molar refractivity (Wildman–Crippen MR) is 124 cm³/mol. The van der Waals surface area contributed by atoms with E-state index in [0.29, 0.717) is 30.9 Å². The molecule has 5 rings (SSSR count). The quantitative estimate of drug-likeness (QED) is 0.449. The van der Waals surface area contributed by atoms with E-state index in [1.54, 1.807) is 4.68 Å². The van der Waals surface area contributed by atoms with E-state index in [4.69, 9.17) is 11.6 Å². The van der Waals surface area contributed by atoms with Crippen molar-refractivity contribution in [3.8, 4) is 0 Å². The molecule has 0 bridgehead atoms. The van der Waals surface area contributed by atoms with Gasteiger partial charge in [0.1, 0.15) is 11.6 Å². The smallest absolute Gasteiger partial charge is 0.281 e. The second kappa shape index (κ2) is 8.90. The number of nitrogens with one attached hydrogen (secondary N) is 1. The highest BCUT2D eigenvalue weighted by molar-refractivity contribution is 7.89. The van der Waals surface area contributed by atoms with Crippen molar-refractivity contribution in [3.63, 3.8) is 0 Å². The number of rotatable bonds is 5. The SMILES string of the molecule is O=c1[nH]c(C2CCN(S(=O)(=O)c3ccc(Cl)c(F)c3)CC2)nc2c1nnn2Cc1ccccc1. The second-order valence-corrected chi connectivity index (χ2v) is 10.5. The molecule has 2 aromatic heterocycles. The van der Waals surface area contributed by atoms with E-state index >= 15 is 0 Å². The number of hydrogen-bond acceptors (Lipinski definition) is 6. The van der Waals surface area contributed by atoms with Crippen molar-refractivity contribution in [2.45, 2.75) is 30.2 Å². The van der Waals surface area contributed by atoms with Crippen LogP contribution in [0.5, 0.6) is 0 Å². The van der Waals surface area contributed by atoms with E-state index in [0.717, 1.165) is 11.6 Å². The Labute approximate surface area is 199 Å². The fraction of sp³-hybridized carbons (Fsp3) is 0.273. The molecule has 1 N–H and O–H groups in total. The van der Waals surface area contributed by atoms with Gasteiger partial charge in [0.15, 0.2) is 11.2 Å². The van der Waals surface area contributed by atoms with E-state index < -0.39 is 15.8 Å². The highest BCUT2D eigenvalue weighted by Crippen LogP contribution is 2.30. The van der Waals surface area contributed by atoms with Crippen LogP contribution in [0.3, 0.4) is 0 Å². The van der Waals surface area contributed by atoms with E-state index in [2.05, 4.69) is 20.3 Å². The summed E-state index contributed by atoms with van der Waals surface area (Å²) in [5, 5.41) is 7.92. The van der Waals surface area contributed by atoms with Crippen molar-refractivity contribution in [2.24, 2.45) is 0 Å². The number of fused-ring (bicyclic) bond motifs is 1. The number of nitrogens with zero attached hydrogens (tertiary/aromatic N) is 5. The van der Waals surface area contributed by atoms with Gasteiger partial charge in [-0.1, -0.05) is 47.1 Å². The lowest BCUT2D eigenvalue weighted by Crippen LogP contribution is -2.38. The molecular formula is C22H20ClFN6O3S. The number of H-pyrrole nitrogens is 1. The fourth-order valence-corrected chi connectivity index (χ4v) is 5.70. The number of aromatic nitrogens is 5. The predicted octanol–water partition coefficient (Wildman–Crippen LogP) is 2.92. The summed E-state index contributed by atoms with van der Waals surface area (Å²) in [6.07, 6.45) is 0.897. The number of aromatic amines is 1. The molecule has 4 aromatic rings. The average molecular weight is 503 g/mol. The van der Waals surface area contributed by atoms with Crippen LogP contribution in [0.15, 0.2) is 58.2 Å². The molecule has 34 heavy (non-hydrogen) atoms. The van der Waals surface area contributed by atoms with Crippen LogP contribution >= 0.6 is 11.6 Å². The van der Waals surface area contributed by atoms with Crippen LogP contribution in [0, 0.1) is 5.82 Å².